The van der Waals surface area contributed by atoms with Crippen molar-refractivity contribution in [1.82, 2.24) is 19.1 Å². The molecule has 10 heteroatoms. The van der Waals surface area contributed by atoms with Crippen LogP contribution in [0.5, 0.6) is 23.0 Å². The van der Waals surface area contributed by atoms with Crippen molar-refractivity contribution in [3.05, 3.63) is 206 Å². The minimum absolute atomic E-state index is 0. The maximum atomic E-state index is 6.34. The summed E-state index contributed by atoms with van der Waals surface area (Å²) in [7, 11) is 0. The summed E-state index contributed by atoms with van der Waals surface area (Å²) in [6.45, 7) is 13.3. The van der Waals surface area contributed by atoms with Gasteiger partial charge in [-0.3, -0.25) is 9.13 Å². The van der Waals surface area contributed by atoms with Crippen LogP contribution in [-0.4, -0.2) is 19.1 Å². The molecule has 0 saturated carbocycles. The van der Waals surface area contributed by atoms with Gasteiger partial charge in [0.25, 0.3) is 12.7 Å². The fourth-order valence-corrected chi connectivity index (χ4v) is 7.67. The van der Waals surface area contributed by atoms with Crippen molar-refractivity contribution in [3.63, 3.8) is 0 Å². The Morgan fingerprint density at radius 3 is 1.20 bits per heavy atom. The van der Waals surface area contributed by atoms with Crippen molar-refractivity contribution >= 4 is 22.1 Å². The van der Waals surface area contributed by atoms with E-state index in [-0.39, 0.29) is 53.0 Å². The molecule has 10 rings (SSSR count). The minimum atomic E-state index is 0. The standard InChI is InChI=1S/C56H44N6O2.2Pt/c1-55(2,3)39-21-25-41(26-22-39)59-37-61(53-19-9-7-17-51(53)59)43-13-11-15-45(33-43)63-47-29-31-57-49(35-47)50-36-48(30-32-58-50)64-46-16-12-14-44(34-46)62-38-60(52-18-8-10-20-54(52)62)42-27-23-40(24-28-42)56(4,5)6;;/h7-32H,1-6H3;;/q-4;;. The van der Waals surface area contributed by atoms with Crippen LogP contribution in [0.3, 0.4) is 0 Å². The van der Waals surface area contributed by atoms with Gasteiger partial charge in [0.1, 0.15) is 0 Å². The van der Waals surface area contributed by atoms with Crippen molar-refractivity contribution in [2.24, 2.45) is 0 Å². The number of para-hydroxylation sites is 4. The van der Waals surface area contributed by atoms with Gasteiger partial charge in [-0.25, -0.2) is 0 Å². The third-order valence-electron chi connectivity index (χ3n) is 11.1. The van der Waals surface area contributed by atoms with Gasteiger partial charge in [0.05, 0.1) is 33.4 Å². The van der Waals surface area contributed by atoms with Crippen LogP contribution in [0.4, 0.5) is 0 Å². The summed E-state index contributed by atoms with van der Waals surface area (Å²) in [6.07, 6.45) is 10.4. The minimum Gasteiger partial charge on any atom is -0.511 e. The van der Waals surface area contributed by atoms with Gasteiger partial charge in [-0.2, -0.15) is 36.4 Å². The van der Waals surface area contributed by atoms with Gasteiger partial charge < -0.3 is 28.6 Å². The average Bonchev–Trinajstić information content (AvgIpc) is 3.89. The summed E-state index contributed by atoms with van der Waals surface area (Å²) >= 11 is 0. The molecular weight excluding hydrogens is 1180 g/mol. The number of rotatable bonds is 9. The smallest absolute Gasteiger partial charge is 0.268 e. The molecule has 0 spiro atoms. The van der Waals surface area contributed by atoms with Crippen LogP contribution in [0.15, 0.2) is 158 Å². The summed E-state index contributed by atoms with van der Waals surface area (Å²) in [6, 6.07) is 62.3. The van der Waals surface area contributed by atoms with Gasteiger partial charge in [0, 0.05) is 65.1 Å². The maximum Gasteiger partial charge on any atom is 0.268 e. The quantitative estimate of drug-likeness (QED) is 0.107. The molecule has 0 saturated heterocycles. The molecular formula is C56H44N6O2Pt2-4. The molecule has 334 valence electrons. The summed E-state index contributed by atoms with van der Waals surface area (Å²) < 4.78 is 20.8. The molecule has 4 heterocycles. The Balaban J connectivity index is 0.00000296. The Hall–Kier alpha value is -6.46. The molecule has 0 N–H and O–H groups in total. The third kappa shape index (κ3) is 9.45. The number of aromatic nitrogens is 6. The number of hydrogen-bond donors (Lipinski definition) is 0. The predicted molar refractivity (Wildman–Crippen MR) is 248 cm³/mol. The number of hydrogen-bond acceptors (Lipinski definition) is 4. The zero-order valence-electron chi connectivity index (χ0n) is 37.1. The Bertz CT molecular complexity index is 3090. The fourth-order valence-electron chi connectivity index (χ4n) is 7.67. The molecule has 66 heavy (non-hydrogen) atoms. The van der Waals surface area contributed by atoms with E-state index in [0.717, 1.165) is 44.8 Å². The molecule has 0 fully saturated rings. The van der Waals surface area contributed by atoms with E-state index in [4.69, 9.17) is 9.47 Å². The van der Waals surface area contributed by atoms with E-state index in [9.17, 15) is 0 Å². The molecule has 0 bridgehead atoms. The first kappa shape index (κ1) is 46.1. The second kappa shape index (κ2) is 18.8. The van der Waals surface area contributed by atoms with Crippen molar-refractivity contribution in [2.75, 3.05) is 0 Å². The Morgan fingerprint density at radius 2 is 0.803 bits per heavy atom. The average molecular weight is 1220 g/mol. The number of imidazole rings is 2. The Kier molecular flexibility index (Phi) is 13.1. The van der Waals surface area contributed by atoms with E-state index in [0.29, 0.717) is 34.4 Å². The first-order chi connectivity index (χ1) is 30.9. The number of nitrogens with zero attached hydrogens (tertiary/aromatic N) is 6. The summed E-state index contributed by atoms with van der Waals surface area (Å²) in [4.78, 5) is 9.10. The van der Waals surface area contributed by atoms with Gasteiger partial charge in [0.2, 0.25) is 0 Å². The monoisotopic (exact) mass is 1220 g/mol. The van der Waals surface area contributed by atoms with Crippen LogP contribution in [0.2, 0.25) is 0 Å². The zero-order valence-corrected chi connectivity index (χ0v) is 41.7. The van der Waals surface area contributed by atoms with E-state index in [2.05, 4.69) is 170 Å². The van der Waals surface area contributed by atoms with E-state index in [1.165, 1.54) is 11.1 Å². The fraction of sp³-hybridized carbons (Fsp3) is 0.143. The number of ether oxygens (including phenoxy) is 2. The second-order valence-electron chi connectivity index (χ2n) is 17.7. The normalized spacial score (nSPS) is 11.5. The van der Waals surface area contributed by atoms with E-state index < -0.39 is 0 Å². The van der Waals surface area contributed by atoms with Crippen molar-refractivity contribution < 1.29 is 60.7 Å². The van der Waals surface area contributed by atoms with E-state index in [1.807, 2.05) is 69.8 Å². The molecule has 8 nitrogen and oxygen atoms in total. The van der Waals surface area contributed by atoms with Gasteiger partial charge in [-0.05, 0) is 70.0 Å². The van der Waals surface area contributed by atoms with Crippen LogP contribution in [0.1, 0.15) is 52.7 Å². The molecule has 6 aromatic carbocycles. The van der Waals surface area contributed by atoms with Crippen molar-refractivity contribution in [1.29, 1.82) is 0 Å². The van der Waals surface area contributed by atoms with Crippen molar-refractivity contribution in [2.45, 2.75) is 52.4 Å². The largest absolute Gasteiger partial charge is 0.511 e. The van der Waals surface area contributed by atoms with Crippen molar-refractivity contribution in [3.8, 4) is 57.1 Å². The summed E-state index contributed by atoms with van der Waals surface area (Å²) in [5, 5.41) is 0. The Morgan fingerprint density at radius 1 is 0.424 bits per heavy atom. The van der Waals surface area contributed by atoms with E-state index >= 15 is 0 Å². The topological polar surface area (TPSA) is 61.9 Å². The van der Waals surface area contributed by atoms with Crippen LogP contribution in [0, 0.1) is 36.9 Å². The molecule has 0 aliphatic carbocycles. The van der Waals surface area contributed by atoms with Gasteiger partial charge in [-0.1, -0.05) is 114 Å². The molecule has 0 unspecified atom stereocenters. The number of pyridine rings is 2. The van der Waals surface area contributed by atoms with Crippen LogP contribution >= 0.6 is 0 Å². The summed E-state index contributed by atoms with van der Waals surface area (Å²) in [5.74, 6) is 1.93. The van der Waals surface area contributed by atoms with Crippen LogP contribution in [0.25, 0.3) is 56.2 Å². The molecule has 0 atom stereocenters. The first-order valence-corrected chi connectivity index (χ1v) is 21.2. The van der Waals surface area contributed by atoms with Gasteiger partial charge in [0.15, 0.2) is 0 Å². The van der Waals surface area contributed by atoms with Crippen LogP contribution < -0.4 is 18.6 Å². The Labute approximate surface area is 414 Å². The maximum absolute atomic E-state index is 6.34. The van der Waals surface area contributed by atoms with E-state index in [1.54, 1.807) is 24.5 Å². The molecule has 10 aromatic rings. The SMILES string of the molecule is CC(C)(C)c1ccc(-n2[c-][n+](-c3[c-]c(Oc4[c-]c(-c5[c-]c(Oc6[c-]c(-[n+]7[c-]n(-c8ccc(C(C)(C)C)cc8)c8ccccc87)ccc6)ccn5)ncc4)ccc3)c3ccccc32)cc1.[Pt].[Pt]. The first-order valence-electron chi connectivity index (χ1n) is 21.2. The van der Waals surface area contributed by atoms with Gasteiger partial charge >= 0.3 is 0 Å². The molecule has 0 aliphatic rings. The third-order valence-corrected chi connectivity index (χ3v) is 11.1. The zero-order chi connectivity index (χ0) is 44.0. The molecule has 0 aliphatic heterocycles. The number of fused-ring (bicyclic) bond motifs is 2. The predicted octanol–water partition coefficient (Wildman–Crippen LogP) is 11.6. The molecule has 0 amide bonds. The van der Waals surface area contributed by atoms with Gasteiger partial charge in [-0.15, -0.1) is 47.8 Å². The summed E-state index contributed by atoms with van der Waals surface area (Å²) in [5.41, 5.74) is 11.2. The van der Waals surface area contributed by atoms with Crippen LogP contribution in [-0.2, 0) is 53.0 Å². The molecule has 4 aromatic heterocycles. The second-order valence-corrected chi connectivity index (χ2v) is 17.7. The molecule has 0 radical (unpaired) electrons. The number of benzene rings is 6.